The van der Waals surface area contributed by atoms with Gasteiger partial charge in [-0.3, -0.25) is 4.79 Å². The molecular weight excluding hydrogens is 232 g/mol. The number of aryl methyl sites for hydroxylation is 2. The van der Waals surface area contributed by atoms with Gasteiger partial charge in [-0.1, -0.05) is 0 Å². The maximum absolute atomic E-state index is 12.3. The Morgan fingerprint density at radius 2 is 1.94 bits per heavy atom. The topological polar surface area (TPSA) is 44.8 Å². The Morgan fingerprint density at radius 1 is 1.28 bits per heavy atom. The number of rotatable bonds is 3. The standard InChI is InChI=1S/C14H18O4/c1-9-6-11(7-10(2)14(9)16-3)13(15)12-8-17-4-5-18-12/h6-7,12H,4-5,8H2,1-3H3. The predicted molar refractivity (Wildman–Crippen MR) is 67.4 cm³/mol. The summed E-state index contributed by atoms with van der Waals surface area (Å²) in [5.41, 5.74) is 2.57. The summed E-state index contributed by atoms with van der Waals surface area (Å²) in [6.45, 7) is 5.24. The zero-order chi connectivity index (χ0) is 13.1. The van der Waals surface area contributed by atoms with E-state index in [0.717, 1.165) is 16.9 Å². The summed E-state index contributed by atoms with van der Waals surface area (Å²) >= 11 is 0. The normalized spacial score (nSPS) is 19.6. The third-order valence-corrected chi connectivity index (χ3v) is 3.06. The number of benzene rings is 1. The van der Waals surface area contributed by atoms with Gasteiger partial charge in [-0.2, -0.15) is 0 Å². The van der Waals surface area contributed by atoms with Gasteiger partial charge in [0.2, 0.25) is 0 Å². The van der Waals surface area contributed by atoms with Crippen LogP contribution in [0.15, 0.2) is 12.1 Å². The smallest absolute Gasteiger partial charge is 0.193 e. The highest BCUT2D eigenvalue weighted by molar-refractivity contribution is 6.00. The second-order valence-corrected chi connectivity index (χ2v) is 4.44. The number of Topliss-reactive ketones (excluding diaryl/α,β-unsaturated/α-hetero) is 1. The third kappa shape index (κ3) is 2.54. The zero-order valence-corrected chi connectivity index (χ0v) is 11.0. The molecule has 1 atom stereocenters. The van der Waals surface area contributed by atoms with Gasteiger partial charge >= 0.3 is 0 Å². The third-order valence-electron chi connectivity index (χ3n) is 3.06. The van der Waals surface area contributed by atoms with E-state index in [-0.39, 0.29) is 5.78 Å². The monoisotopic (exact) mass is 250 g/mol. The first-order chi connectivity index (χ1) is 8.63. The van der Waals surface area contributed by atoms with Crippen molar-refractivity contribution in [1.82, 2.24) is 0 Å². The van der Waals surface area contributed by atoms with E-state index in [9.17, 15) is 4.79 Å². The first-order valence-corrected chi connectivity index (χ1v) is 6.02. The van der Waals surface area contributed by atoms with Crippen LogP contribution in [0.1, 0.15) is 21.5 Å². The Balaban J connectivity index is 2.25. The lowest BCUT2D eigenvalue weighted by molar-refractivity contribution is -0.0719. The van der Waals surface area contributed by atoms with E-state index in [0.29, 0.717) is 25.4 Å². The van der Waals surface area contributed by atoms with Crippen LogP contribution in [0.4, 0.5) is 0 Å². The highest BCUT2D eigenvalue weighted by atomic mass is 16.6. The van der Waals surface area contributed by atoms with Crippen LogP contribution in [0.3, 0.4) is 0 Å². The molecule has 4 heteroatoms. The van der Waals surface area contributed by atoms with Crippen molar-refractivity contribution in [1.29, 1.82) is 0 Å². The van der Waals surface area contributed by atoms with Crippen LogP contribution in [0.5, 0.6) is 5.75 Å². The van der Waals surface area contributed by atoms with E-state index in [2.05, 4.69) is 0 Å². The molecule has 0 N–H and O–H groups in total. The van der Waals surface area contributed by atoms with Crippen molar-refractivity contribution in [2.75, 3.05) is 26.9 Å². The Labute approximate surface area is 107 Å². The molecule has 1 aliphatic rings. The number of hydrogen-bond acceptors (Lipinski definition) is 4. The summed E-state index contributed by atoms with van der Waals surface area (Å²) in [6.07, 6.45) is -0.481. The van der Waals surface area contributed by atoms with Crippen LogP contribution >= 0.6 is 0 Å². The van der Waals surface area contributed by atoms with Gasteiger partial charge in [0.05, 0.1) is 26.9 Å². The molecule has 1 unspecified atom stereocenters. The molecular formula is C14H18O4. The fourth-order valence-electron chi connectivity index (χ4n) is 2.24. The van der Waals surface area contributed by atoms with Crippen molar-refractivity contribution in [3.8, 4) is 5.75 Å². The molecule has 98 valence electrons. The van der Waals surface area contributed by atoms with E-state index in [1.807, 2.05) is 26.0 Å². The average Bonchev–Trinajstić information content (AvgIpc) is 2.38. The van der Waals surface area contributed by atoms with E-state index < -0.39 is 6.10 Å². The van der Waals surface area contributed by atoms with Crippen LogP contribution in [-0.4, -0.2) is 38.8 Å². The largest absolute Gasteiger partial charge is 0.496 e. The molecule has 0 radical (unpaired) electrons. The van der Waals surface area contributed by atoms with Gasteiger partial charge < -0.3 is 14.2 Å². The van der Waals surface area contributed by atoms with Crippen molar-refractivity contribution in [3.63, 3.8) is 0 Å². The van der Waals surface area contributed by atoms with Crippen molar-refractivity contribution in [2.45, 2.75) is 20.0 Å². The molecule has 1 aromatic rings. The minimum Gasteiger partial charge on any atom is -0.496 e. The van der Waals surface area contributed by atoms with Crippen LogP contribution < -0.4 is 4.74 Å². The molecule has 2 rings (SSSR count). The molecule has 0 aromatic heterocycles. The summed E-state index contributed by atoms with van der Waals surface area (Å²) in [7, 11) is 1.63. The van der Waals surface area contributed by atoms with E-state index in [4.69, 9.17) is 14.2 Å². The molecule has 18 heavy (non-hydrogen) atoms. The highest BCUT2D eigenvalue weighted by Crippen LogP contribution is 2.25. The predicted octanol–water partition coefficient (Wildman–Crippen LogP) is 1.91. The second kappa shape index (κ2) is 5.50. The minimum atomic E-state index is -0.481. The maximum Gasteiger partial charge on any atom is 0.193 e. The molecule has 0 aliphatic carbocycles. The Kier molecular flexibility index (Phi) is 3.99. The van der Waals surface area contributed by atoms with Gasteiger partial charge in [-0.05, 0) is 37.1 Å². The van der Waals surface area contributed by atoms with Gasteiger partial charge in [0.1, 0.15) is 11.9 Å². The first-order valence-electron chi connectivity index (χ1n) is 6.02. The quantitative estimate of drug-likeness (QED) is 0.769. The van der Waals surface area contributed by atoms with Crippen molar-refractivity contribution in [2.24, 2.45) is 0 Å². The fraction of sp³-hybridized carbons (Fsp3) is 0.500. The molecule has 4 nitrogen and oxygen atoms in total. The maximum atomic E-state index is 12.3. The summed E-state index contributed by atoms with van der Waals surface area (Å²) in [5.74, 6) is 0.802. The first kappa shape index (κ1) is 13.1. The molecule has 1 heterocycles. The van der Waals surface area contributed by atoms with Crippen molar-refractivity contribution < 1.29 is 19.0 Å². The van der Waals surface area contributed by atoms with Gasteiger partial charge in [-0.25, -0.2) is 0 Å². The molecule has 1 aliphatic heterocycles. The lowest BCUT2D eigenvalue weighted by Crippen LogP contribution is -2.35. The number of ether oxygens (including phenoxy) is 3. The molecule has 0 spiro atoms. The summed E-state index contributed by atoms with van der Waals surface area (Å²) in [6, 6.07) is 3.68. The van der Waals surface area contributed by atoms with Crippen molar-refractivity contribution >= 4 is 5.78 Å². The summed E-state index contributed by atoms with van der Waals surface area (Å²) in [4.78, 5) is 12.3. The Bertz CT molecular complexity index is 424. The van der Waals surface area contributed by atoms with E-state index in [1.54, 1.807) is 7.11 Å². The van der Waals surface area contributed by atoms with Gasteiger partial charge in [0, 0.05) is 5.56 Å². The van der Waals surface area contributed by atoms with Gasteiger partial charge in [0.25, 0.3) is 0 Å². The Hall–Kier alpha value is -1.39. The summed E-state index contributed by atoms with van der Waals surface area (Å²) < 4.78 is 16.0. The number of methoxy groups -OCH3 is 1. The molecule has 0 saturated carbocycles. The van der Waals surface area contributed by atoms with E-state index in [1.165, 1.54) is 0 Å². The lowest BCUT2D eigenvalue weighted by Gasteiger charge is -2.22. The molecule has 0 bridgehead atoms. The molecule has 1 aromatic carbocycles. The van der Waals surface area contributed by atoms with Crippen LogP contribution in [0.25, 0.3) is 0 Å². The highest BCUT2D eigenvalue weighted by Gasteiger charge is 2.24. The van der Waals surface area contributed by atoms with Crippen molar-refractivity contribution in [3.05, 3.63) is 28.8 Å². The van der Waals surface area contributed by atoms with Crippen LogP contribution in [0, 0.1) is 13.8 Å². The molecule has 0 amide bonds. The number of carbonyl (C=O) groups excluding carboxylic acids is 1. The molecule has 1 saturated heterocycles. The number of ketones is 1. The van der Waals surface area contributed by atoms with E-state index >= 15 is 0 Å². The number of carbonyl (C=O) groups is 1. The fourth-order valence-corrected chi connectivity index (χ4v) is 2.24. The SMILES string of the molecule is COc1c(C)cc(C(=O)C2COCCO2)cc1C. The number of hydrogen-bond donors (Lipinski definition) is 0. The minimum absolute atomic E-state index is 0.0245. The van der Waals surface area contributed by atoms with Gasteiger partial charge in [-0.15, -0.1) is 0 Å². The average molecular weight is 250 g/mol. The summed E-state index contributed by atoms with van der Waals surface area (Å²) in [5, 5.41) is 0. The molecule has 1 fully saturated rings. The lowest BCUT2D eigenvalue weighted by atomic mass is 10.00. The van der Waals surface area contributed by atoms with Crippen LogP contribution in [-0.2, 0) is 9.47 Å². The van der Waals surface area contributed by atoms with Crippen LogP contribution in [0.2, 0.25) is 0 Å². The zero-order valence-electron chi connectivity index (χ0n) is 11.0. The Morgan fingerprint density at radius 3 is 2.44 bits per heavy atom. The van der Waals surface area contributed by atoms with Gasteiger partial charge in [0.15, 0.2) is 5.78 Å². The second-order valence-electron chi connectivity index (χ2n) is 4.44.